The van der Waals surface area contributed by atoms with Gasteiger partial charge in [-0.1, -0.05) is 68.2 Å². The molecule has 0 saturated heterocycles. The molecule has 138 valence electrons. The Labute approximate surface area is 186 Å². The maximum Gasteiger partial charge on any atom is 0.175 e. The molecular formula is C18H28Cl2HfN2Si2-2. The van der Waals surface area contributed by atoms with E-state index in [0.29, 0.717) is 5.92 Å². The molecule has 2 nitrogen and oxygen atoms in total. The van der Waals surface area contributed by atoms with Crippen molar-refractivity contribution in [3.63, 3.8) is 0 Å². The van der Waals surface area contributed by atoms with Gasteiger partial charge in [-0.2, -0.15) is 0 Å². The van der Waals surface area contributed by atoms with Crippen molar-refractivity contribution in [2.75, 3.05) is 0 Å². The Bertz CT molecular complexity index is 621. The van der Waals surface area contributed by atoms with E-state index in [9.17, 15) is 0 Å². The molecule has 0 spiro atoms. The van der Waals surface area contributed by atoms with Crippen LogP contribution in [-0.2, 0) is 25.8 Å². The first kappa shape index (κ1) is 27.3. The average Bonchev–Trinajstić information content (AvgIpc) is 2.88. The number of hydrogen-bond acceptors (Lipinski definition) is 1. The van der Waals surface area contributed by atoms with Crippen molar-refractivity contribution in [3.05, 3.63) is 59.7 Å². The van der Waals surface area contributed by atoms with Crippen molar-refractivity contribution in [3.8, 4) is 0 Å². The van der Waals surface area contributed by atoms with Gasteiger partial charge in [-0.05, 0) is 25.2 Å². The van der Waals surface area contributed by atoms with Gasteiger partial charge in [0.1, 0.15) is 14.1 Å². The maximum atomic E-state index is 5.13. The van der Waals surface area contributed by atoms with Gasteiger partial charge in [-0.3, -0.25) is 0 Å². The Balaban J connectivity index is 0. The Kier molecular flexibility index (Phi) is 12.0. The van der Waals surface area contributed by atoms with Gasteiger partial charge in [-0.15, -0.1) is 0 Å². The average molecular weight is 578 g/mol. The van der Waals surface area contributed by atoms with Gasteiger partial charge < -0.3 is 34.5 Å². The van der Waals surface area contributed by atoms with E-state index < -0.39 is 16.5 Å². The number of hydrogen-bond donors (Lipinski definition) is 1. The molecule has 0 unspecified atom stereocenters. The second kappa shape index (κ2) is 11.0. The fourth-order valence-corrected chi connectivity index (χ4v) is 4.35. The summed E-state index contributed by atoms with van der Waals surface area (Å²) in [6, 6.07) is 8.68. The summed E-state index contributed by atoms with van der Waals surface area (Å²) in [6.45, 7) is 13.8. The summed E-state index contributed by atoms with van der Waals surface area (Å²) in [5.41, 5.74) is 2.60. The van der Waals surface area contributed by atoms with E-state index >= 15 is 0 Å². The van der Waals surface area contributed by atoms with Gasteiger partial charge in [-0.25, -0.2) is 0 Å². The summed E-state index contributed by atoms with van der Waals surface area (Å²) in [7, 11) is -3.01. The van der Waals surface area contributed by atoms with Crippen molar-refractivity contribution in [2.45, 2.75) is 45.2 Å². The van der Waals surface area contributed by atoms with Gasteiger partial charge in [0.05, 0.1) is 0 Å². The first-order valence-corrected chi connectivity index (χ1v) is 14.9. The van der Waals surface area contributed by atoms with Crippen LogP contribution in [0.4, 0.5) is 0 Å². The van der Waals surface area contributed by atoms with Crippen molar-refractivity contribution in [1.29, 1.82) is 0 Å². The molecule has 1 N–H and O–H groups in total. The molecule has 0 saturated carbocycles. The summed E-state index contributed by atoms with van der Waals surface area (Å²) in [5, 5.41) is 0. The normalized spacial score (nSPS) is 14.4. The van der Waals surface area contributed by atoms with Crippen LogP contribution >= 0.6 is 0 Å². The Morgan fingerprint density at radius 1 is 0.920 bits per heavy atom. The molecule has 0 bridgehead atoms. The fourth-order valence-electron chi connectivity index (χ4n) is 2.49. The number of allylic oxidation sites excluding steroid dienone is 4. The zero-order valence-corrected chi connectivity index (χ0v) is 23.0. The molecule has 1 aliphatic carbocycles. The van der Waals surface area contributed by atoms with Crippen LogP contribution in [0.5, 0.6) is 0 Å². The molecule has 0 radical (unpaired) electrons. The van der Waals surface area contributed by atoms with E-state index in [4.69, 9.17) is 4.66 Å². The third-order valence-corrected chi connectivity index (χ3v) is 5.14. The third kappa shape index (κ3) is 9.00. The smallest absolute Gasteiger partial charge is 0.175 e. The number of amidine groups is 1. The van der Waals surface area contributed by atoms with Gasteiger partial charge in [0.2, 0.25) is 0 Å². The minimum Gasteiger partial charge on any atom is -1.00 e. The second-order valence-electron chi connectivity index (χ2n) is 7.89. The minimum absolute atomic E-state index is 0. The van der Waals surface area contributed by atoms with Crippen LogP contribution in [0.15, 0.2) is 53.2 Å². The second-order valence-corrected chi connectivity index (χ2v) is 17.2. The molecule has 1 aromatic carbocycles. The van der Waals surface area contributed by atoms with E-state index in [0.717, 1.165) is 5.84 Å². The molecule has 0 amide bonds. The van der Waals surface area contributed by atoms with Crippen molar-refractivity contribution in [2.24, 2.45) is 4.66 Å². The SMILES string of the molecule is C[Si](C)(C)N=C(N[Si](C)(C)C)c1ccccc1C1C=CC=C1.[Cl-].[Cl-].[Hf]. The number of benzene rings is 1. The Morgan fingerprint density at radius 3 is 1.92 bits per heavy atom. The maximum absolute atomic E-state index is 5.13. The molecule has 1 aliphatic rings. The van der Waals surface area contributed by atoms with Crippen LogP contribution < -0.4 is 29.8 Å². The molecule has 0 atom stereocenters. The quantitative estimate of drug-likeness (QED) is 0.275. The summed E-state index contributed by atoms with van der Waals surface area (Å²) in [6.07, 6.45) is 8.75. The van der Waals surface area contributed by atoms with Crippen molar-refractivity contribution >= 4 is 22.3 Å². The summed E-state index contributed by atoms with van der Waals surface area (Å²) < 4.78 is 5.13. The van der Waals surface area contributed by atoms with E-state index in [1.54, 1.807) is 0 Å². The van der Waals surface area contributed by atoms with Crippen LogP contribution in [0.25, 0.3) is 0 Å². The molecule has 25 heavy (non-hydrogen) atoms. The van der Waals surface area contributed by atoms with E-state index in [1.807, 2.05) is 0 Å². The zero-order chi connectivity index (χ0) is 16.4. The Morgan fingerprint density at radius 2 is 1.44 bits per heavy atom. The standard InChI is InChI=1S/C18H28N2Si2.2ClH.Hf/c1-21(2,3)19-18(20-22(4,5)6)17-14-10-9-13-16(17)15-11-7-8-12-15;;;/h7-15H,1-6H3,(H,19,20);2*1H;/p-2. The van der Waals surface area contributed by atoms with Gasteiger partial charge >= 0.3 is 0 Å². The van der Waals surface area contributed by atoms with E-state index in [-0.39, 0.29) is 50.7 Å². The minimum atomic E-state index is -1.55. The molecule has 2 rings (SSSR count). The van der Waals surface area contributed by atoms with Crippen LogP contribution in [0.3, 0.4) is 0 Å². The van der Waals surface area contributed by atoms with Crippen LogP contribution in [0.2, 0.25) is 39.3 Å². The summed E-state index contributed by atoms with van der Waals surface area (Å²) in [5.74, 6) is 1.47. The largest absolute Gasteiger partial charge is 1.00 e. The molecular weight excluding hydrogens is 550 g/mol. The van der Waals surface area contributed by atoms with Crippen molar-refractivity contribution in [1.82, 2.24) is 4.98 Å². The number of halogens is 2. The van der Waals surface area contributed by atoms with Crippen LogP contribution in [-0.4, -0.2) is 22.3 Å². The van der Waals surface area contributed by atoms with Gasteiger partial charge in [0.15, 0.2) is 8.24 Å². The van der Waals surface area contributed by atoms with Crippen LogP contribution in [0, 0.1) is 0 Å². The van der Waals surface area contributed by atoms with Crippen molar-refractivity contribution < 1.29 is 50.7 Å². The molecule has 0 aliphatic heterocycles. The number of nitrogens with zero attached hydrogens (tertiary/aromatic N) is 1. The van der Waals surface area contributed by atoms with Crippen LogP contribution in [0.1, 0.15) is 17.0 Å². The molecule has 0 fully saturated rings. The monoisotopic (exact) mass is 578 g/mol. The number of nitrogens with one attached hydrogen (secondary N) is 1. The van der Waals surface area contributed by atoms with Gasteiger partial charge in [0.25, 0.3) is 0 Å². The first-order chi connectivity index (χ1) is 10.2. The molecule has 7 heteroatoms. The van der Waals surface area contributed by atoms with Gasteiger partial charge in [0, 0.05) is 37.3 Å². The molecule has 0 aromatic heterocycles. The third-order valence-electron chi connectivity index (χ3n) is 3.26. The Hall–Kier alpha value is 0.0539. The zero-order valence-electron chi connectivity index (χ0n) is 15.9. The predicted molar refractivity (Wildman–Crippen MR) is 104 cm³/mol. The predicted octanol–water partition coefficient (Wildman–Crippen LogP) is -1.09. The molecule has 1 aromatic rings. The fraction of sp³-hybridized carbons (Fsp3) is 0.389. The topological polar surface area (TPSA) is 24.4 Å². The molecule has 0 heterocycles. The summed E-state index contributed by atoms with van der Waals surface area (Å²) in [4.78, 5) is 3.77. The first-order valence-electron chi connectivity index (χ1n) is 7.98. The van der Waals surface area contributed by atoms with E-state index in [1.165, 1.54) is 11.1 Å². The summed E-state index contributed by atoms with van der Waals surface area (Å²) >= 11 is 0. The van der Waals surface area contributed by atoms with E-state index in [2.05, 4.69) is 92.8 Å². The number of rotatable bonds is 4.